The third-order valence-electron chi connectivity index (χ3n) is 10.2. The average molecular weight is 854 g/mol. The van der Waals surface area contributed by atoms with E-state index in [1.165, 1.54) is 29.4 Å². The van der Waals surface area contributed by atoms with Crippen LogP contribution in [0.1, 0.15) is 81.5 Å². The number of aryl methyl sites for hydroxylation is 3. The Morgan fingerprint density at radius 2 is 1.61 bits per heavy atom. The molecule has 3 aromatic heterocycles. The van der Waals surface area contributed by atoms with Gasteiger partial charge in [-0.1, -0.05) is 101 Å². The number of hydrogen-bond acceptors (Lipinski definition) is 3. The first kappa shape index (κ1) is 36.3. The van der Waals surface area contributed by atoms with E-state index < -0.39 is 0 Å². The Balaban J connectivity index is 0.00000448. The van der Waals surface area contributed by atoms with Crippen LogP contribution in [0.15, 0.2) is 91.1 Å². The van der Waals surface area contributed by atoms with Crippen LogP contribution in [0.25, 0.3) is 44.4 Å². The van der Waals surface area contributed by atoms with Crippen LogP contribution in [0.3, 0.4) is 0 Å². The van der Waals surface area contributed by atoms with Gasteiger partial charge in [0.2, 0.25) is 0 Å². The molecule has 5 nitrogen and oxygen atoms in total. The van der Waals surface area contributed by atoms with E-state index in [9.17, 15) is 0 Å². The molecule has 7 rings (SSSR count). The van der Waals surface area contributed by atoms with Crippen molar-refractivity contribution in [3.8, 4) is 34.1 Å². The van der Waals surface area contributed by atoms with Gasteiger partial charge < -0.3 is 9.30 Å². The van der Waals surface area contributed by atoms with Gasteiger partial charge in [0.1, 0.15) is 5.82 Å². The number of nitrogens with zero attached hydrogens (tertiary/aromatic N) is 4. The first-order valence-electron chi connectivity index (χ1n) is 18.0. The van der Waals surface area contributed by atoms with Gasteiger partial charge in [0.25, 0.3) is 0 Å². The van der Waals surface area contributed by atoms with Crippen molar-refractivity contribution >= 4 is 21.8 Å². The van der Waals surface area contributed by atoms with Crippen LogP contribution in [0.5, 0.6) is 11.5 Å². The topological polar surface area (TPSA) is 44.9 Å². The van der Waals surface area contributed by atoms with Crippen molar-refractivity contribution in [2.24, 2.45) is 0 Å². The molecule has 7 aromatic rings. The Morgan fingerprint density at radius 3 is 2.35 bits per heavy atom. The zero-order valence-corrected chi connectivity index (χ0v) is 33.0. The van der Waals surface area contributed by atoms with E-state index in [0.29, 0.717) is 11.5 Å². The van der Waals surface area contributed by atoms with Crippen molar-refractivity contribution in [2.75, 3.05) is 0 Å². The van der Waals surface area contributed by atoms with Crippen LogP contribution in [0, 0.1) is 32.9 Å². The van der Waals surface area contributed by atoms with Crippen LogP contribution in [-0.4, -0.2) is 19.3 Å². The van der Waals surface area contributed by atoms with Crippen molar-refractivity contribution in [1.29, 1.82) is 0 Å². The van der Waals surface area contributed by atoms with Gasteiger partial charge >= 0.3 is 21.1 Å². The molecular formula is C45H46N4OPt. The summed E-state index contributed by atoms with van der Waals surface area (Å²) in [6.45, 7) is 15.4. The van der Waals surface area contributed by atoms with Crippen molar-refractivity contribution in [3.05, 3.63) is 131 Å². The zero-order valence-electron chi connectivity index (χ0n) is 30.7. The van der Waals surface area contributed by atoms with Crippen molar-refractivity contribution in [1.82, 2.24) is 19.3 Å². The standard InChI is InChI=1S/C45H46N4O.Pt/c1-8-10-12-15-33-25-36(49-32(5)44(31(4)47-49)34-16-13-11-14-17-34)28-38(26-33)50-37-19-20-39-40-27-35(45(6,7)9-2)18-21-41(40)48(42(39)29-37)43-24-30(3)22-23-46-43;/h11,13-14,16-27H,8-10,12,15H2,1-7H3;/q-2;+2. The monoisotopic (exact) mass is 853 g/mol. The Bertz CT molecular complexity index is 2320. The normalized spacial score (nSPS) is 11.7. The molecule has 0 spiro atoms. The number of fused-ring (bicyclic) bond motifs is 3. The van der Waals surface area contributed by atoms with E-state index >= 15 is 0 Å². The van der Waals surface area contributed by atoms with Gasteiger partial charge in [-0.2, -0.15) is 16.7 Å². The molecule has 51 heavy (non-hydrogen) atoms. The number of aromatic nitrogens is 4. The maximum atomic E-state index is 6.68. The number of unbranched alkanes of at least 4 members (excludes halogenated alkanes) is 2. The van der Waals surface area contributed by atoms with E-state index in [4.69, 9.17) is 14.8 Å². The second-order valence-corrected chi connectivity index (χ2v) is 14.2. The van der Waals surface area contributed by atoms with E-state index in [1.807, 2.05) is 29.1 Å². The van der Waals surface area contributed by atoms with Crippen molar-refractivity contribution < 1.29 is 25.8 Å². The van der Waals surface area contributed by atoms with Gasteiger partial charge in [-0.05, 0) is 78.6 Å². The molecule has 6 heteroatoms. The van der Waals surface area contributed by atoms with Gasteiger partial charge in [0.05, 0.1) is 5.69 Å². The molecule has 0 saturated heterocycles. The fourth-order valence-corrected chi connectivity index (χ4v) is 6.98. The average Bonchev–Trinajstić information content (AvgIpc) is 3.60. The Morgan fingerprint density at radius 1 is 0.804 bits per heavy atom. The summed E-state index contributed by atoms with van der Waals surface area (Å²) < 4.78 is 10.9. The molecule has 262 valence electrons. The van der Waals surface area contributed by atoms with Gasteiger partial charge in [-0.3, -0.25) is 4.68 Å². The minimum Gasteiger partial charge on any atom is -0.509 e. The summed E-state index contributed by atoms with van der Waals surface area (Å²) >= 11 is 0. The molecule has 4 aromatic carbocycles. The predicted octanol–water partition coefficient (Wildman–Crippen LogP) is 11.8. The minimum atomic E-state index is 0. The predicted molar refractivity (Wildman–Crippen MR) is 206 cm³/mol. The molecule has 0 aliphatic carbocycles. The fraction of sp³-hybridized carbons (Fsp3) is 0.289. The summed E-state index contributed by atoms with van der Waals surface area (Å²) in [5.74, 6) is 2.16. The molecule has 0 atom stereocenters. The summed E-state index contributed by atoms with van der Waals surface area (Å²) in [4.78, 5) is 4.80. The van der Waals surface area contributed by atoms with Gasteiger partial charge in [0.15, 0.2) is 0 Å². The van der Waals surface area contributed by atoms with Crippen molar-refractivity contribution in [3.63, 3.8) is 0 Å². The quantitative estimate of drug-likeness (QED) is 0.0962. The Kier molecular flexibility index (Phi) is 10.7. The van der Waals surface area contributed by atoms with E-state index in [1.54, 1.807) is 0 Å². The second kappa shape index (κ2) is 15.0. The van der Waals surface area contributed by atoms with Crippen LogP contribution >= 0.6 is 0 Å². The maximum Gasteiger partial charge on any atom is 2.00 e. The molecule has 0 unspecified atom stereocenters. The number of ether oxygens (including phenoxy) is 1. The Hall–Kier alpha value is -4.47. The SMILES string of the molecule is CCCCCc1cc(Oc2[c-]c3c(cc2)c2cc(C(C)(C)CC)ccc2n3-c2cc(C)ccn2)[c-]c(-n2nc(C)c(-c3ccccc3)c2C)c1.[Pt+2]. The minimum absolute atomic E-state index is 0. The number of hydrogen-bond donors (Lipinski definition) is 0. The molecule has 0 N–H and O–H groups in total. The van der Waals surface area contributed by atoms with E-state index in [0.717, 1.165) is 75.3 Å². The largest absolute Gasteiger partial charge is 2.00 e. The van der Waals surface area contributed by atoms with E-state index in [2.05, 4.69) is 132 Å². The van der Waals surface area contributed by atoms with Gasteiger partial charge in [-0.25, -0.2) is 4.98 Å². The molecule has 0 amide bonds. The summed E-state index contributed by atoms with van der Waals surface area (Å²) in [6.07, 6.45) is 7.36. The molecule has 0 aliphatic heterocycles. The van der Waals surface area contributed by atoms with Crippen LogP contribution in [0.4, 0.5) is 0 Å². The Labute approximate surface area is 317 Å². The number of rotatable bonds is 11. The molecule has 0 radical (unpaired) electrons. The fourth-order valence-electron chi connectivity index (χ4n) is 6.98. The van der Waals surface area contributed by atoms with Crippen LogP contribution < -0.4 is 4.74 Å². The summed E-state index contributed by atoms with van der Waals surface area (Å²) in [5, 5.41) is 7.32. The van der Waals surface area contributed by atoms with Crippen LogP contribution in [-0.2, 0) is 32.9 Å². The molecule has 0 fully saturated rings. The zero-order chi connectivity index (χ0) is 35.0. The maximum absolute atomic E-state index is 6.68. The summed E-state index contributed by atoms with van der Waals surface area (Å²) in [7, 11) is 0. The molecule has 3 heterocycles. The molecule has 0 aliphatic rings. The molecule has 0 saturated carbocycles. The smallest absolute Gasteiger partial charge is 0.509 e. The second-order valence-electron chi connectivity index (χ2n) is 14.2. The first-order chi connectivity index (χ1) is 24.2. The number of benzene rings is 4. The van der Waals surface area contributed by atoms with E-state index in [-0.39, 0.29) is 26.5 Å². The van der Waals surface area contributed by atoms with Crippen molar-refractivity contribution in [2.45, 2.75) is 86.0 Å². The third-order valence-corrected chi connectivity index (χ3v) is 10.2. The van der Waals surface area contributed by atoms with Gasteiger partial charge in [-0.15, -0.1) is 35.7 Å². The first-order valence-corrected chi connectivity index (χ1v) is 18.0. The third kappa shape index (κ3) is 7.19. The molecule has 0 bridgehead atoms. The molecular weight excluding hydrogens is 808 g/mol. The van der Waals surface area contributed by atoms with Crippen LogP contribution in [0.2, 0.25) is 0 Å². The number of pyridine rings is 1. The summed E-state index contributed by atoms with van der Waals surface area (Å²) in [6, 6.07) is 37.2. The van der Waals surface area contributed by atoms with Gasteiger partial charge in [0, 0.05) is 34.5 Å². The summed E-state index contributed by atoms with van der Waals surface area (Å²) in [5.41, 5.74) is 11.1.